The standard InChI is InChI=1S/C40H54ClNO3/c1-24(2)28-15-20-40(35-42-23-30(45-35)26-9-11-27(41)12-10-26)22-21-38(7)29(34(28)40)13-14-32-37(6)18-17-33(44-25(3)43)36(4,5)31(37)16-19-39(32,38)8/h9-12,23-24,29,31-33H,13-22H2,1-8H3/t29-,31+,32-,33+,37+,38-,39-,40+/m1/s1. The minimum absolute atomic E-state index is 0.00891. The molecule has 5 aliphatic rings. The van der Waals surface area contributed by atoms with Gasteiger partial charge >= 0.3 is 5.97 Å². The number of halogens is 1. The molecule has 0 aliphatic heterocycles. The molecule has 5 heteroatoms. The molecular formula is C40H54ClNO3. The highest BCUT2D eigenvalue weighted by atomic mass is 35.5. The molecule has 1 heterocycles. The second-order valence-electron chi connectivity index (χ2n) is 17.3. The number of rotatable bonds is 4. The first-order valence-corrected chi connectivity index (χ1v) is 18.2. The van der Waals surface area contributed by atoms with Crippen LogP contribution in [-0.4, -0.2) is 17.1 Å². The predicted molar refractivity (Wildman–Crippen MR) is 181 cm³/mol. The molecule has 0 unspecified atom stereocenters. The molecule has 45 heavy (non-hydrogen) atoms. The van der Waals surface area contributed by atoms with E-state index in [2.05, 4.69) is 48.5 Å². The van der Waals surface area contributed by atoms with Crippen LogP contribution in [0, 0.1) is 45.3 Å². The van der Waals surface area contributed by atoms with E-state index in [9.17, 15) is 4.79 Å². The quantitative estimate of drug-likeness (QED) is 0.249. The monoisotopic (exact) mass is 631 g/mol. The van der Waals surface area contributed by atoms with E-state index < -0.39 is 0 Å². The number of ether oxygens (including phenoxy) is 1. The number of benzene rings is 1. The molecule has 4 saturated carbocycles. The van der Waals surface area contributed by atoms with Crippen LogP contribution in [0.3, 0.4) is 0 Å². The number of hydrogen-bond acceptors (Lipinski definition) is 4. The Bertz CT molecular complexity index is 1520. The van der Waals surface area contributed by atoms with Gasteiger partial charge in [0.15, 0.2) is 5.76 Å². The Morgan fingerprint density at radius 2 is 1.64 bits per heavy atom. The lowest BCUT2D eigenvalue weighted by Crippen LogP contribution is -2.66. The number of allylic oxidation sites excluding steroid dienone is 2. The third kappa shape index (κ3) is 4.35. The van der Waals surface area contributed by atoms with Crippen LogP contribution < -0.4 is 0 Å². The molecule has 0 amide bonds. The Kier molecular flexibility index (Phi) is 7.33. The molecule has 2 aromatic rings. The summed E-state index contributed by atoms with van der Waals surface area (Å²) in [5.74, 6) is 3.99. The molecule has 0 bridgehead atoms. The number of hydrogen-bond donors (Lipinski definition) is 0. The summed E-state index contributed by atoms with van der Waals surface area (Å²) in [6, 6.07) is 7.93. The van der Waals surface area contributed by atoms with Gasteiger partial charge in [-0.1, -0.05) is 71.2 Å². The van der Waals surface area contributed by atoms with E-state index in [1.54, 1.807) is 18.1 Å². The van der Waals surface area contributed by atoms with E-state index in [1.165, 1.54) is 32.1 Å². The van der Waals surface area contributed by atoms with Gasteiger partial charge in [0.25, 0.3) is 0 Å². The Morgan fingerprint density at radius 3 is 2.33 bits per heavy atom. The summed E-state index contributed by atoms with van der Waals surface area (Å²) < 4.78 is 12.7. The zero-order valence-electron chi connectivity index (χ0n) is 28.9. The molecule has 4 fully saturated rings. The van der Waals surface area contributed by atoms with Crippen LogP contribution in [0.15, 0.2) is 46.0 Å². The van der Waals surface area contributed by atoms with Crippen molar-refractivity contribution in [1.82, 2.24) is 4.98 Å². The van der Waals surface area contributed by atoms with Crippen LogP contribution in [0.4, 0.5) is 0 Å². The van der Waals surface area contributed by atoms with Crippen molar-refractivity contribution in [2.24, 2.45) is 45.3 Å². The second-order valence-corrected chi connectivity index (χ2v) is 17.7. The predicted octanol–water partition coefficient (Wildman–Crippen LogP) is 11.0. The summed E-state index contributed by atoms with van der Waals surface area (Å²) in [6.07, 6.45) is 13.8. The second kappa shape index (κ2) is 10.5. The van der Waals surface area contributed by atoms with Gasteiger partial charge in [-0.25, -0.2) is 4.98 Å². The topological polar surface area (TPSA) is 52.3 Å². The van der Waals surface area contributed by atoms with Crippen LogP contribution >= 0.6 is 11.6 Å². The zero-order valence-corrected chi connectivity index (χ0v) is 29.7. The van der Waals surface area contributed by atoms with E-state index in [4.69, 9.17) is 25.7 Å². The fourth-order valence-electron chi connectivity index (χ4n) is 12.6. The number of oxazole rings is 1. The number of aromatic nitrogens is 1. The largest absolute Gasteiger partial charge is 0.462 e. The minimum Gasteiger partial charge on any atom is -0.462 e. The van der Waals surface area contributed by atoms with Crippen molar-refractivity contribution in [3.8, 4) is 11.3 Å². The average molecular weight is 632 g/mol. The molecule has 1 aromatic carbocycles. The van der Waals surface area contributed by atoms with E-state index >= 15 is 0 Å². The molecule has 8 atom stereocenters. The smallest absolute Gasteiger partial charge is 0.302 e. The van der Waals surface area contributed by atoms with Gasteiger partial charge in [0.2, 0.25) is 5.89 Å². The lowest BCUT2D eigenvalue weighted by atomic mass is 9.33. The Morgan fingerprint density at radius 1 is 0.911 bits per heavy atom. The lowest BCUT2D eigenvalue weighted by Gasteiger charge is -2.72. The Hall–Kier alpha value is -2.07. The minimum atomic E-state index is -0.131. The first-order valence-electron chi connectivity index (χ1n) is 17.8. The Labute approximate surface area is 276 Å². The number of fused-ring (bicyclic) bond motifs is 7. The van der Waals surface area contributed by atoms with Crippen molar-refractivity contribution in [1.29, 1.82) is 0 Å². The van der Waals surface area contributed by atoms with Crippen LogP contribution in [0.5, 0.6) is 0 Å². The third-order valence-electron chi connectivity index (χ3n) is 15.0. The van der Waals surface area contributed by atoms with Gasteiger partial charge in [0.05, 0.1) is 11.6 Å². The fourth-order valence-corrected chi connectivity index (χ4v) is 12.8. The van der Waals surface area contributed by atoms with Crippen LogP contribution in [0.25, 0.3) is 11.3 Å². The molecule has 0 saturated heterocycles. The first kappa shape index (κ1) is 31.5. The molecule has 4 nitrogen and oxygen atoms in total. The molecule has 7 rings (SSSR count). The van der Waals surface area contributed by atoms with E-state index in [0.717, 1.165) is 54.3 Å². The maximum Gasteiger partial charge on any atom is 0.302 e. The summed E-state index contributed by atoms with van der Waals surface area (Å²) >= 11 is 6.20. The maximum absolute atomic E-state index is 12.1. The molecular weight excluding hydrogens is 578 g/mol. The zero-order chi connectivity index (χ0) is 32.2. The normalized spacial score (nSPS) is 40.4. The SMILES string of the molecule is CC(=O)O[C@H]1CC[C@]2(C)[C@H]3CC[C@@H]4C5=C(C(C)C)CC[C@]5(c5ncc(-c6ccc(Cl)cc6)o5)CC[C@@]4(C)[C@]3(C)CC[C@H]2C1(C)C. The molecule has 5 aliphatic carbocycles. The molecule has 244 valence electrons. The van der Waals surface area contributed by atoms with Gasteiger partial charge in [0.1, 0.15) is 6.10 Å². The number of nitrogens with zero attached hydrogens (tertiary/aromatic N) is 1. The Balaban J connectivity index is 1.26. The van der Waals surface area contributed by atoms with Crippen molar-refractivity contribution < 1.29 is 13.9 Å². The first-order chi connectivity index (χ1) is 21.2. The van der Waals surface area contributed by atoms with Gasteiger partial charge in [-0.3, -0.25) is 4.79 Å². The number of carbonyl (C=O) groups excluding carboxylic acids is 1. The van der Waals surface area contributed by atoms with Crippen LogP contribution in [0.2, 0.25) is 5.02 Å². The van der Waals surface area contributed by atoms with Crippen LogP contribution in [0.1, 0.15) is 125 Å². The van der Waals surface area contributed by atoms with Crippen LogP contribution in [-0.2, 0) is 14.9 Å². The highest BCUT2D eigenvalue weighted by Gasteiger charge is 2.70. The fraction of sp³-hybridized carbons (Fsp3) is 0.700. The number of esters is 1. The van der Waals surface area contributed by atoms with Crippen molar-refractivity contribution in [3.05, 3.63) is 52.5 Å². The summed E-state index contributed by atoms with van der Waals surface area (Å²) in [4.78, 5) is 17.1. The van der Waals surface area contributed by atoms with Crippen molar-refractivity contribution >= 4 is 17.6 Å². The highest BCUT2D eigenvalue weighted by Crippen LogP contribution is 2.77. The van der Waals surface area contributed by atoms with Gasteiger partial charge in [-0.15, -0.1) is 0 Å². The maximum atomic E-state index is 12.1. The van der Waals surface area contributed by atoms with E-state index in [1.807, 2.05) is 30.5 Å². The summed E-state index contributed by atoms with van der Waals surface area (Å²) in [7, 11) is 0. The van der Waals surface area contributed by atoms with E-state index in [0.29, 0.717) is 23.7 Å². The summed E-state index contributed by atoms with van der Waals surface area (Å²) in [5.41, 5.74) is 5.08. The molecule has 0 radical (unpaired) electrons. The third-order valence-corrected chi connectivity index (χ3v) is 15.2. The highest BCUT2D eigenvalue weighted by molar-refractivity contribution is 6.30. The lowest BCUT2D eigenvalue weighted by molar-refractivity contribution is -0.231. The summed E-state index contributed by atoms with van der Waals surface area (Å²) in [5, 5.41) is 0.735. The van der Waals surface area contributed by atoms with Crippen molar-refractivity contribution in [2.75, 3.05) is 0 Å². The molecule has 1 aromatic heterocycles. The van der Waals surface area contributed by atoms with Crippen molar-refractivity contribution in [2.45, 2.75) is 131 Å². The number of carbonyl (C=O) groups is 1. The molecule has 0 spiro atoms. The van der Waals surface area contributed by atoms with Gasteiger partial charge in [-0.2, -0.15) is 0 Å². The summed E-state index contributed by atoms with van der Waals surface area (Å²) in [6.45, 7) is 19.2. The van der Waals surface area contributed by atoms with Gasteiger partial charge in [0, 0.05) is 22.9 Å². The van der Waals surface area contributed by atoms with E-state index in [-0.39, 0.29) is 39.1 Å². The average Bonchev–Trinajstić information content (AvgIpc) is 3.62. The van der Waals surface area contributed by atoms with Crippen molar-refractivity contribution in [3.63, 3.8) is 0 Å². The molecule has 0 N–H and O–H groups in total. The van der Waals surface area contributed by atoms with Gasteiger partial charge < -0.3 is 9.15 Å². The van der Waals surface area contributed by atoms with Gasteiger partial charge in [-0.05, 0) is 128 Å².